The van der Waals surface area contributed by atoms with Gasteiger partial charge in [0.15, 0.2) is 0 Å². The SMILES string of the molecule is Cc1ccc(Cl)cc1-c1ccccc1F. The minimum Gasteiger partial charge on any atom is -0.206 e. The summed E-state index contributed by atoms with van der Waals surface area (Å²) in [5, 5.41) is 0.624. The fourth-order valence-corrected chi connectivity index (χ4v) is 1.74. The molecule has 0 saturated carbocycles. The summed E-state index contributed by atoms with van der Waals surface area (Å²) in [6.45, 7) is 1.94. The highest BCUT2D eigenvalue weighted by atomic mass is 35.5. The Morgan fingerprint density at radius 1 is 1.00 bits per heavy atom. The molecule has 0 aliphatic carbocycles. The first-order valence-corrected chi connectivity index (χ1v) is 5.07. The molecule has 0 aromatic heterocycles. The molecule has 0 amide bonds. The van der Waals surface area contributed by atoms with E-state index in [0.29, 0.717) is 10.6 Å². The van der Waals surface area contributed by atoms with Crippen LogP contribution in [0.3, 0.4) is 0 Å². The van der Waals surface area contributed by atoms with Crippen LogP contribution in [0.25, 0.3) is 11.1 Å². The summed E-state index contributed by atoms with van der Waals surface area (Å²) >= 11 is 5.90. The first-order valence-electron chi connectivity index (χ1n) is 4.69. The second kappa shape index (κ2) is 4.03. The zero-order valence-electron chi connectivity index (χ0n) is 8.30. The topological polar surface area (TPSA) is 0 Å². The quantitative estimate of drug-likeness (QED) is 0.666. The fourth-order valence-electron chi connectivity index (χ4n) is 1.56. The van der Waals surface area contributed by atoms with E-state index >= 15 is 0 Å². The van der Waals surface area contributed by atoms with Crippen molar-refractivity contribution in [3.8, 4) is 11.1 Å². The van der Waals surface area contributed by atoms with Crippen molar-refractivity contribution >= 4 is 11.6 Å². The van der Waals surface area contributed by atoms with Crippen LogP contribution in [-0.2, 0) is 0 Å². The second-order valence-electron chi connectivity index (χ2n) is 3.44. The average molecular weight is 221 g/mol. The van der Waals surface area contributed by atoms with E-state index in [4.69, 9.17) is 11.6 Å². The van der Waals surface area contributed by atoms with Gasteiger partial charge in [0, 0.05) is 10.6 Å². The van der Waals surface area contributed by atoms with Crippen LogP contribution in [0.5, 0.6) is 0 Å². The van der Waals surface area contributed by atoms with Crippen LogP contribution in [0.4, 0.5) is 4.39 Å². The fraction of sp³-hybridized carbons (Fsp3) is 0.0769. The molecule has 0 aliphatic rings. The molecule has 0 saturated heterocycles. The second-order valence-corrected chi connectivity index (χ2v) is 3.88. The van der Waals surface area contributed by atoms with E-state index < -0.39 is 0 Å². The molecule has 0 nitrogen and oxygen atoms in total. The number of hydrogen-bond acceptors (Lipinski definition) is 0. The van der Waals surface area contributed by atoms with Crippen LogP contribution < -0.4 is 0 Å². The van der Waals surface area contributed by atoms with Gasteiger partial charge in [0.05, 0.1) is 0 Å². The van der Waals surface area contributed by atoms with E-state index in [1.165, 1.54) is 6.07 Å². The molecule has 2 rings (SSSR count). The number of aryl methyl sites for hydroxylation is 1. The minimum atomic E-state index is -0.220. The maximum atomic E-state index is 13.5. The van der Waals surface area contributed by atoms with Crippen LogP contribution in [0.2, 0.25) is 5.02 Å². The highest BCUT2D eigenvalue weighted by molar-refractivity contribution is 6.30. The summed E-state index contributed by atoms with van der Waals surface area (Å²) in [4.78, 5) is 0. The van der Waals surface area contributed by atoms with E-state index in [0.717, 1.165) is 11.1 Å². The molecule has 0 radical (unpaired) electrons. The van der Waals surface area contributed by atoms with Crippen LogP contribution in [-0.4, -0.2) is 0 Å². The Morgan fingerprint density at radius 3 is 2.47 bits per heavy atom. The molecule has 0 heterocycles. The molecule has 2 aromatic carbocycles. The van der Waals surface area contributed by atoms with Crippen molar-refractivity contribution in [2.24, 2.45) is 0 Å². The molecule has 15 heavy (non-hydrogen) atoms. The number of benzene rings is 2. The van der Waals surface area contributed by atoms with Gasteiger partial charge < -0.3 is 0 Å². The Kier molecular flexibility index (Phi) is 2.74. The molecule has 0 spiro atoms. The predicted octanol–water partition coefficient (Wildman–Crippen LogP) is 4.45. The molecule has 0 fully saturated rings. The monoisotopic (exact) mass is 220 g/mol. The van der Waals surface area contributed by atoms with Gasteiger partial charge in [0.25, 0.3) is 0 Å². The van der Waals surface area contributed by atoms with Crippen molar-refractivity contribution < 1.29 is 4.39 Å². The molecule has 2 aromatic rings. The molecular weight excluding hydrogens is 211 g/mol. The normalized spacial score (nSPS) is 10.3. The van der Waals surface area contributed by atoms with Gasteiger partial charge in [-0.1, -0.05) is 35.9 Å². The Morgan fingerprint density at radius 2 is 1.73 bits per heavy atom. The summed E-state index contributed by atoms with van der Waals surface area (Å²) in [7, 11) is 0. The van der Waals surface area contributed by atoms with Gasteiger partial charge in [-0.2, -0.15) is 0 Å². The van der Waals surface area contributed by atoms with E-state index in [-0.39, 0.29) is 5.82 Å². The number of hydrogen-bond donors (Lipinski definition) is 0. The lowest BCUT2D eigenvalue weighted by Crippen LogP contribution is -1.87. The smallest absolute Gasteiger partial charge is 0.131 e. The average Bonchev–Trinajstić information content (AvgIpc) is 2.23. The van der Waals surface area contributed by atoms with Crippen LogP contribution >= 0.6 is 11.6 Å². The third-order valence-corrected chi connectivity index (χ3v) is 2.60. The van der Waals surface area contributed by atoms with Crippen LogP contribution in [0.1, 0.15) is 5.56 Å². The Balaban J connectivity index is 2.64. The van der Waals surface area contributed by atoms with E-state index in [9.17, 15) is 4.39 Å². The lowest BCUT2D eigenvalue weighted by atomic mass is 10.0. The van der Waals surface area contributed by atoms with Crippen molar-refractivity contribution in [2.75, 3.05) is 0 Å². The van der Waals surface area contributed by atoms with Crippen molar-refractivity contribution in [3.63, 3.8) is 0 Å². The minimum absolute atomic E-state index is 0.220. The zero-order chi connectivity index (χ0) is 10.8. The van der Waals surface area contributed by atoms with Gasteiger partial charge in [-0.3, -0.25) is 0 Å². The van der Waals surface area contributed by atoms with Gasteiger partial charge in [-0.15, -0.1) is 0 Å². The molecule has 2 heteroatoms. The Bertz CT molecular complexity index is 492. The number of halogens is 2. The molecule has 0 bridgehead atoms. The van der Waals surface area contributed by atoms with Gasteiger partial charge in [-0.25, -0.2) is 4.39 Å². The highest BCUT2D eigenvalue weighted by Gasteiger charge is 2.06. The third-order valence-electron chi connectivity index (χ3n) is 2.36. The Hall–Kier alpha value is -1.34. The summed E-state index contributed by atoms with van der Waals surface area (Å²) in [5.74, 6) is -0.220. The van der Waals surface area contributed by atoms with Crippen molar-refractivity contribution in [1.29, 1.82) is 0 Å². The number of rotatable bonds is 1. The van der Waals surface area contributed by atoms with Crippen LogP contribution in [0, 0.1) is 12.7 Å². The van der Waals surface area contributed by atoms with Crippen molar-refractivity contribution in [3.05, 3.63) is 58.9 Å². The molecular formula is C13H10ClF. The first kappa shape index (κ1) is 10.2. The standard InChI is InChI=1S/C13H10ClF/c1-9-6-7-10(14)8-12(9)11-4-2-3-5-13(11)15/h2-8H,1H3. The molecule has 0 unspecified atom stereocenters. The summed E-state index contributed by atoms with van der Waals surface area (Å²) in [5.41, 5.74) is 2.46. The summed E-state index contributed by atoms with van der Waals surface area (Å²) in [6.07, 6.45) is 0. The summed E-state index contributed by atoms with van der Waals surface area (Å²) in [6, 6.07) is 12.2. The zero-order valence-corrected chi connectivity index (χ0v) is 9.05. The van der Waals surface area contributed by atoms with Gasteiger partial charge in [0.1, 0.15) is 5.82 Å². The molecule has 76 valence electrons. The van der Waals surface area contributed by atoms with E-state index in [1.54, 1.807) is 24.3 Å². The lowest BCUT2D eigenvalue weighted by Gasteiger charge is -2.07. The van der Waals surface area contributed by atoms with Crippen molar-refractivity contribution in [1.82, 2.24) is 0 Å². The van der Waals surface area contributed by atoms with E-state index in [2.05, 4.69) is 0 Å². The largest absolute Gasteiger partial charge is 0.206 e. The lowest BCUT2D eigenvalue weighted by molar-refractivity contribution is 0.631. The van der Waals surface area contributed by atoms with Crippen molar-refractivity contribution in [2.45, 2.75) is 6.92 Å². The van der Waals surface area contributed by atoms with Crippen LogP contribution in [0.15, 0.2) is 42.5 Å². The summed E-state index contributed by atoms with van der Waals surface area (Å²) < 4.78 is 13.5. The highest BCUT2D eigenvalue weighted by Crippen LogP contribution is 2.28. The first-order chi connectivity index (χ1) is 7.18. The Labute approximate surface area is 93.3 Å². The maximum absolute atomic E-state index is 13.5. The van der Waals surface area contributed by atoms with Gasteiger partial charge in [0.2, 0.25) is 0 Å². The van der Waals surface area contributed by atoms with Gasteiger partial charge >= 0.3 is 0 Å². The molecule has 0 atom stereocenters. The van der Waals surface area contributed by atoms with Gasteiger partial charge in [-0.05, 0) is 36.2 Å². The third kappa shape index (κ3) is 2.02. The maximum Gasteiger partial charge on any atom is 0.131 e. The van der Waals surface area contributed by atoms with E-state index in [1.807, 2.05) is 19.1 Å². The molecule has 0 aliphatic heterocycles. The molecule has 0 N–H and O–H groups in total. The predicted molar refractivity (Wildman–Crippen MR) is 61.6 cm³/mol.